The van der Waals surface area contributed by atoms with Crippen LogP contribution in [0.25, 0.3) is 0 Å². The number of aromatic nitrogens is 1. The van der Waals surface area contributed by atoms with E-state index in [4.69, 9.17) is 5.11 Å². The SMILES string of the molecule is O=C(O)Cc1ccc(S(=O)Cc2cccnc2)cc1. The minimum Gasteiger partial charge on any atom is -0.481 e. The highest BCUT2D eigenvalue weighted by Crippen LogP contribution is 2.13. The molecule has 0 spiro atoms. The molecule has 1 aromatic carbocycles. The van der Waals surface area contributed by atoms with E-state index in [2.05, 4.69) is 4.98 Å². The maximum atomic E-state index is 12.1. The minimum absolute atomic E-state index is 0.0183. The summed E-state index contributed by atoms with van der Waals surface area (Å²) in [7, 11) is -1.14. The van der Waals surface area contributed by atoms with Crippen LogP contribution in [0.4, 0.5) is 0 Å². The lowest BCUT2D eigenvalue weighted by Crippen LogP contribution is -2.01. The second kappa shape index (κ2) is 6.24. The van der Waals surface area contributed by atoms with Gasteiger partial charge in [-0.15, -0.1) is 0 Å². The monoisotopic (exact) mass is 275 g/mol. The molecule has 2 aromatic rings. The Morgan fingerprint density at radius 3 is 2.47 bits per heavy atom. The lowest BCUT2D eigenvalue weighted by molar-refractivity contribution is -0.136. The van der Waals surface area contributed by atoms with Gasteiger partial charge in [-0.25, -0.2) is 0 Å². The number of hydrogen-bond donors (Lipinski definition) is 1. The number of carbonyl (C=O) groups is 1. The number of nitrogens with zero attached hydrogens (tertiary/aromatic N) is 1. The molecule has 0 amide bonds. The van der Waals surface area contributed by atoms with E-state index < -0.39 is 16.8 Å². The van der Waals surface area contributed by atoms with Gasteiger partial charge in [0, 0.05) is 17.3 Å². The summed E-state index contributed by atoms with van der Waals surface area (Å²) < 4.78 is 12.1. The third kappa shape index (κ3) is 3.99. The average Bonchev–Trinajstić information content (AvgIpc) is 2.40. The summed E-state index contributed by atoms with van der Waals surface area (Å²) in [6.07, 6.45) is 3.35. The third-order valence-electron chi connectivity index (χ3n) is 2.56. The summed E-state index contributed by atoms with van der Waals surface area (Å²) in [5.41, 5.74) is 1.62. The molecular weight excluding hydrogens is 262 g/mol. The normalized spacial score (nSPS) is 12.0. The first-order valence-electron chi connectivity index (χ1n) is 5.73. The molecule has 0 saturated heterocycles. The van der Waals surface area contributed by atoms with E-state index in [1.807, 2.05) is 12.1 Å². The fourth-order valence-corrected chi connectivity index (χ4v) is 2.73. The summed E-state index contributed by atoms with van der Waals surface area (Å²) in [6, 6.07) is 10.5. The van der Waals surface area contributed by atoms with E-state index in [1.165, 1.54) is 0 Å². The Morgan fingerprint density at radius 2 is 1.89 bits per heavy atom. The van der Waals surface area contributed by atoms with E-state index in [0.717, 1.165) is 5.56 Å². The van der Waals surface area contributed by atoms with Crippen molar-refractivity contribution in [2.45, 2.75) is 17.1 Å². The highest BCUT2D eigenvalue weighted by atomic mass is 32.2. The van der Waals surface area contributed by atoms with E-state index in [1.54, 1.807) is 36.7 Å². The molecule has 5 heteroatoms. The van der Waals surface area contributed by atoms with Gasteiger partial charge in [0.05, 0.1) is 23.0 Å². The molecule has 0 bridgehead atoms. The summed E-state index contributed by atoms with van der Waals surface area (Å²) in [5, 5.41) is 8.67. The quantitative estimate of drug-likeness (QED) is 0.906. The van der Waals surface area contributed by atoms with Crippen molar-refractivity contribution in [3.8, 4) is 0 Å². The lowest BCUT2D eigenvalue weighted by atomic mass is 10.2. The van der Waals surface area contributed by atoms with Crippen LogP contribution in [-0.4, -0.2) is 20.3 Å². The third-order valence-corrected chi connectivity index (χ3v) is 3.96. The molecule has 1 unspecified atom stereocenters. The fourth-order valence-electron chi connectivity index (χ4n) is 1.65. The highest BCUT2D eigenvalue weighted by molar-refractivity contribution is 7.84. The molecule has 0 aliphatic rings. The number of benzene rings is 1. The molecular formula is C14H13NO3S. The van der Waals surface area contributed by atoms with E-state index >= 15 is 0 Å². The Hall–Kier alpha value is -2.01. The van der Waals surface area contributed by atoms with Crippen molar-refractivity contribution >= 4 is 16.8 Å². The molecule has 0 radical (unpaired) electrons. The standard InChI is InChI=1S/C14H13NO3S/c16-14(17)8-11-3-5-13(6-4-11)19(18)10-12-2-1-7-15-9-12/h1-7,9H,8,10H2,(H,16,17). The zero-order chi connectivity index (χ0) is 13.7. The Morgan fingerprint density at radius 1 is 1.16 bits per heavy atom. The molecule has 2 rings (SSSR count). The molecule has 4 nitrogen and oxygen atoms in total. The first-order chi connectivity index (χ1) is 9.15. The molecule has 1 N–H and O–H groups in total. The van der Waals surface area contributed by atoms with E-state index in [0.29, 0.717) is 16.2 Å². The van der Waals surface area contributed by atoms with Gasteiger partial charge in [-0.1, -0.05) is 18.2 Å². The van der Waals surface area contributed by atoms with Crippen LogP contribution >= 0.6 is 0 Å². The van der Waals surface area contributed by atoms with Gasteiger partial charge in [-0.3, -0.25) is 14.0 Å². The smallest absolute Gasteiger partial charge is 0.307 e. The van der Waals surface area contributed by atoms with Gasteiger partial charge in [0.15, 0.2) is 0 Å². The Kier molecular flexibility index (Phi) is 4.41. The van der Waals surface area contributed by atoms with Crippen molar-refractivity contribution in [2.75, 3.05) is 0 Å². The van der Waals surface area contributed by atoms with Gasteiger partial charge in [0.1, 0.15) is 0 Å². The molecule has 1 aromatic heterocycles. The van der Waals surface area contributed by atoms with Crippen molar-refractivity contribution in [3.63, 3.8) is 0 Å². The maximum Gasteiger partial charge on any atom is 0.307 e. The number of carboxylic acids is 1. The van der Waals surface area contributed by atoms with Gasteiger partial charge >= 0.3 is 5.97 Å². The van der Waals surface area contributed by atoms with Crippen molar-refractivity contribution in [3.05, 3.63) is 59.9 Å². The van der Waals surface area contributed by atoms with Crippen molar-refractivity contribution < 1.29 is 14.1 Å². The first-order valence-corrected chi connectivity index (χ1v) is 7.05. The molecule has 0 saturated carbocycles. The molecule has 98 valence electrons. The summed E-state index contributed by atoms with van der Waals surface area (Å²) in [5.74, 6) is -0.462. The second-order valence-corrected chi connectivity index (χ2v) is 5.52. The maximum absolute atomic E-state index is 12.1. The predicted octanol–water partition coefficient (Wildman–Crippen LogP) is 2.02. The molecule has 0 fully saturated rings. The average molecular weight is 275 g/mol. The predicted molar refractivity (Wildman–Crippen MR) is 72.1 cm³/mol. The number of rotatable bonds is 5. The number of carboxylic acid groups (broad SMARTS) is 1. The van der Waals surface area contributed by atoms with Gasteiger partial charge in [-0.05, 0) is 29.3 Å². The molecule has 1 heterocycles. The summed E-state index contributed by atoms with van der Waals surface area (Å²) in [4.78, 5) is 15.2. The fraction of sp³-hybridized carbons (Fsp3) is 0.143. The van der Waals surface area contributed by atoms with Crippen LogP contribution in [0.1, 0.15) is 11.1 Å². The van der Waals surface area contributed by atoms with Gasteiger partial charge < -0.3 is 5.11 Å². The summed E-state index contributed by atoms with van der Waals surface area (Å²) in [6.45, 7) is 0. The lowest BCUT2D eigenvalue weighted by Gasteiger charge is -2.03. The Bertz CT molecular complexity index is 581. The van der Waals surface area contributed by atoms with Crippen LogP contribution in [0.3, 0.4) is 0 Å². The van der Waals surface area contributed by atoms with Gasteiger partial charge in [0.25, 0.3) is 0 Å². The van der Waals surface area contributed by atoms with Crippen LogP contribution in [0.2, 0.25) is 0 Å². The first kappa shape index (κ1) is 13.4. The topological polar surface area (TPSA) is 67.3 Å². The Labute approximate surface area is 113 Å². The zero-order valence-corrected chi connectivity index (χ0v) is 11.0. The van der Waals surface area contributed by atoms with E-state index in [-0.39, 0.29) is 6.42 Å². The number of aliphatic carboxylic acids is 1. The molecule has 1 atom stereocenters. The van der Waals surface area contributed by atoms with E-state index in [9.17, 15) is 9.00 Å². The van der Waals surface area contributed by atoms with Crippen molar-refractivity contribution in [2.24, 2.45) is 0 Å². The largest absolute Gasteiger partial charge is 0.481 e. The zero-order valence-electron chi connectivity index (χ0n) is 10.2. The Balaban J connectivity index is 2.05. The van der Waals surface area contributed by atoms with Crippen LogP contribution in [-0.2, 0) is 27.8 Å². The highest BCUT2D eigenvalue weighted by Gasteiger charge is 2.06. The minimum atomic E-state index is -1.14. The molecule has 0 aliphatic carbocycles. The molecule has 19 heavy (non-hydrogen) atoms. The van der Waals surface area contributed by atoms with Crippen LogP contribution in [0.15, 0.2) is 53.7 Å². The molecule has 0 aliphatic heterocycles. The van der Waals surface area contributed by atoms with Crippen molar-refractivity contribution in [1.29, 1.82) is 0 Å². The van der Waals surface area contributed by atoms with Gasteiger partial charge in [-0.2, -0.15) is 0 Å². The van der Waals surface area contributed by atoms with Crippen LogP contribution in [0.5, 0.6) is 0 Å². The van der Waals surface area contributed by atoms with Crippen LogP contribution < -0.4 is 0 Å². The van der Waals surface area contributed by atoms with Crippen LogP contribution in [0, 0.1) is 0 Å². The van der Waals surface area contributed by atoms with Gasteiger partial charge in [0.2, 0.25) is 0 Å². The summed E-state index contributed by atoms with van der Waals surface area (Å²) >= 11 is 0. The number of hydrogen-bond acceptors (Lipinski definition) is 3. The van der Waals surface area contributed by atoms with Crippen molar-refractivity contribution in [1.82, 2.24) is 4.98 Å². The second-order valence-electron chi connectivity index (χ2n) is 4.07. The number of pyridine rings is 1.